The Bertz CT molecular complexity index is 770. The topological polar surface area (TPSA) is 39.2 Å². The van der Waals surface area contributed by atoms with Crippen molar-refractivity contribution in [3.8, 4) is 0 Å². The average Bonchev–Trinajstić information content (AvgIpc) is 2.93. The molecule has 0 radical (unpaired) electrons. The lowest BCUT2D eigenvalue weighted by molar-refractivity contribution is -0.171. The third kappa shape index (κ3) is 2.38. The van der Waals surface area contributed by atoms with Crippen LogP contribution in [0, 0.1) is 17.3 Å². The number of carbonyl (C=O) groups excluding carboxylic acids is 1. The molecule has 0 spiro atoms. The van der Waals surface area contributed by atoms with Crippen LogP contribution in [0.1, 0.15) is 43.5 Å². The predicted molar refractivity (Wildman–Crippen MR) is 95.1 cm³/mol. The van der Waals surface area contributed by atoms with Crippen LogP contribution in [0.3, 0.4) is 0 Å². The van der Waals surface area contributed by atoms with Crippen molar-refractivity contribution in [3.05, 3.63) is 29.3 Å². The number of alkyl halides is 1. The summed E-state index contributed by atoms with van der Waals surface area (Å²) in [4.78, 5) is 17.3. The molecule has 4 bridgehead atoms. The molecule has 2 aromatic rings. The fourth-order valence-corrected chi connectivity index (χ4v) is 7.22. The summed E-state index contributed by atoms with van der Waals surface area (Å²) in [7, 11) is 0. The number of esters is 1. The minimum atomic E-state index is -0.331. The lowest BCUT2D eigenvalue weighted by Gasteiger charge is -2.58. The zero-order valence-corrected chi connectivity index (χ0v) is 15.0. The second-order valence-electron chi connectivity index (χ2n) is 8.04. The van der Waals surface area contributed by atoms with Gasteiger partial charge in [-0.05, 0) is 62.5 Å². The highest BCUT2D eigenvalue weighted by Gasteiger charge is 2.60. The molecule has 0 N–H and O–H groups in total. The summed E-state index contributed by atoms with van der Waals surface area (Å²) in [6.45, 7) is 0.282. The Labute approximate surface area is 150 Å². The molecule has 4 aliphatic carbocycles. The molecule has 4 aliphatic rings. The molecule has 2 atom stereocenters. The molecular weight excluding hydrogens is 342 g/mol. The summed E-state index contributed by atoms with van der Waals surface area (Å²) >= 11 is 8.42. The highest BCUT2D eigenvalue weighted by molar-refractivity contribution is 7.18. The van der Waals surface area contributed by atoms with Crippen LogP contribution < -0.4 is 0 Å². The van der Waals surface area contributed by atoms with Gasteiger partial charge in [0.25, 0.3) is 0 Å². The average molecular weight is 362 g/mol. The van der Waals surface area contributed by atoms with E-state index in [0.29, 0.717) is 11.8 Å². The van der Waals surface area contributed by atoms with Crippen molar-refractivity contribution in [1.82, 2.24) is 4.98 Å². The van der Waals surface area contributed by atoms with Crippen molar-refractivity contribution < 1.29 is 9.53 Å². The highest BCUT2D eigenvalue weighted by Crippen LogP contribution is 2.64. The van der Waals surface area contributed by atoms with Gasteiger partial charge in [0.15, 0.2) is 0 Å². The van der Waals surface area contributed by atoms with E-state index in [-0.39, 0.29) is 22.9 Å². The Morgan fingerprint density at radius 1 is 1.25 bits per heavy atom. The molecule has 126 valence electrons. The SMILES string of the molecule is O=C(OCc1nc2ccccc2s1)C12CC3CC(CC(Cl)(C3)C1)C2. The molecule has 1 aromatic heterocycles. The normalized spacial score (nSPS) is 37.0. The van der Waals surface area contributed by atoms with Crippen molar-refractivity contribution in [2.75, 3.05) is 0 Å². The van der Waals surface area contributed by atoms with Crippen molar-refractivity contribution in [2.24, 2.45) is 17.3 Å². The van der Waals surface area contributed by atoms with Gasteiger partial charge in [0.05, 0.1) is 15.6 Å². The molecule has 2 unspecified atom stereocenters. The van der Waals surface area contributed by atoms with E-state index in [1.54, 1.807) is 11.3 Å². The Kier molecular flexibility index (Phi) is 3.27. The van der Waals surface area contributed by atoms with Gasteiger partial charge >= 0.3 is 5.97 Å². The number of halogens is 1. The van der Waals surface area contributed by atoms with Crippen molar-refractivity contribution in [1.29, 1.82) is 0 Å². The molecule has 5 heteroatoms. The number of hydrogen-bond acceptors (Lipinski definition) is 4. The number of benzene rings is 1. The lowest BCUT2D eigenvalue weighted by Crippen LogP contribution is -2.56. The monoisotopic (exact) mass is 361 g/mol. The van der Waals surface area contributed by atoms with E-state index in [0.717, 1.165) is 47.3 Å². The van der Waals surface area contributed by atoms with E-state index < -0.39 is 0 Å². The number of hydrogen-bond donors (Lipinski definition) is 0. The first-order valence-electron chi connectivity index (χ1n) is 8.74. The van der Waals surface area contributed by atoms with E-state index >= 15 is 0 Å². The van der Waals surface area contributed by atoms with E-state index in [9.17, 15) is 4.79 Å². The minimum Gasteiger partial charge on any atom is -0.458 e. The second kappa shape index (κ2) is 5.18. The number of carbonyl (C=O) groups is 1. The summed E-state index contributed by atoms with van der Waals surface area (Å²) in [5.41, 5.74) is 0.644. The molecule has 24 heavy (non-hydrogen) atoms. The summed E-state index contributed by atoms with van der Waals surface area (Å²) < 4.78 is 6.87. The summed E-state index contributed by atoms with van der Waals surface area (Å²) in [6, 6.07) is 8.03. The number of para-hydroxylation sites is 1. The van der Waals surface area contributed by atoms with Crippen LogP contribution in [0.5, 0.6) is 0 Å². The number of fused-ring (bicyclic) bond motifs is 1. The quantitative estimate of drug-likeness (QED) is 0.575. The van der Waals surface area contributed by atoms with Gasteiger partial charge in [-0.1, -0.05) is 12.1 Å². The van der Waals surface area contributed by atoms with E-state index in [1.807, 2.05) is 18.2 Å². The number of thiazole rings is 1. The molecule has 1 heterocycles. The van der Waals surface area contributed by atoms with Crippen LogP contribution in [-0.2, 0) is 16.1 Å². The molecule has 0 aliphatic heterocycles. The molecule has 0 saturated heterocycles. The predicted octanol–water partition coefficient (Wildman–Crippen LogP) is 4.92. The Morgan fingerprint density at radius 3 is 2.71 bits per heavy atom. The van der Waals surface area contributed by atoms with Gasteiger partial charge in [-0.15, -0.1) is 22.9 Å². The zero-order chi connectivity index (χ0) is 16.4. The van der Waals surface area contributed by atoms with Gasteiger partial charge in [-0.2, -0.15) is 0 Å². The third-order valence-electron chi connectivity index (χ3n) is 6.09. The van der Waals surface area contributed by atoms with E-state index in [2.05, 4.69) is 11.1 Å². The van der Waals surface area contributed by atoms with Gasteiger partial charge in [-0.25, -0.2) is 4.98 Å². The van der Waals surface area contributed by atoms with Crippen LogP contribution in [-0.4, -0.2) is 15.8 Å². The van der Waals surface area contributed by atoms with Crippen molar-refractivity contribution in [3.63, 3.8) is 0 Å². The van der Waals surface area contributed by atoms with Gasteiger partial charge in [0.2, 0.25) is 0 Å². The first-order chi connectivity index (χ1) is 11.5. The largest absolute Gasteiger partial charge is 0.458 e. The summed E-state index contributed by atoms with van der Waals surface area (Å²) in [6.07, 6.45) is 6.15. The first kappa shape index (κ1) is 15.2. The fourth-order valence-electron chi connectivity index (χ4n) is 5.65. The number of rotatable bonds is 3. The smallest absolute Gasteiger partial charge is 0.312 e. The van der Waals surface area contributed by atoms with Crippen LogP contribution >= 0.6 is 22.9 Å². The second-order valence-corrected chi connectivity index (χ2v) is 9.96. The van der Waals surface area contributed by atoms with Crippen LogP contribution in [0.25, 0.3) is 10.2 Å². The Hall–Kier alpha value is -1.13. The lowest BCUT2D eigenvalue weighted by atomic mass is 9.49. The fraction of sp³-hybridized carbons (Fsp3) is 0.579. The Balaban J connectivity index is 1.33. The Morgan fingerprint density at radius 2 is 2.00 bits per heavy atom. The molecule has 4 fully saturated rings. The van der Waals surface area contributed by atoms with Gasteiger partial charge in [0.1, 0.15) is 11.6 Å². The molecular formula is C19H20ClNO2S. The minimum absolute atomic E-state index is 0.0409. The summed E-state index contributed by atoms with van der Waals surface area (Å²) in [5, 5.41) is 0.870. The van der Waals surface area contributed by atoms with Crippen molar-refractivity contribution >= 4 is 39.1 Å². The van der Waals surface area contributed by atoms with Gasteiger partial charge in [0, 0.05) is 4.87 Å². The maximum Gasteiger partial charge on any atom is 0.312 e. The van der Waals surface area contributed by atoms with E-state index in [1.165, 1.54) is 6.42 Å². The zero-order valence-electron chi connectivity index (χ0n) is 13.5. The first-order valence-corrected chi connectivity index (χ1v) is 9.94. The van der Waals surface area contributed by atoms with Gasteiger partial charge < -0.3 is 4.74 Å². The third-order valence-corrected chi connectivity index (χ3v) is 7.54. The standard InChI is InChI=1S/C19H20ClNO2S/c20-19-8-12-5-13(9-19)7-18(6-12,11-19)17(22)23-10-16-21-14-3-1-2-4-15(14)24-16/h1-4,12-13H,5-11H2. The maximum atomic E-state index is 12.9. The maximum absolute atomic E-state index is 12.9. The molecule has 4 saturated carbocycles. The highest BCUT2D eigenvalue weighted by atomic mass is 35.5. The van der Waals surface area contributed by atoms with Crippen molar-refractivity contribution in [2.45, 2.75) is 50.0 Å². The van der Waals surface area contributed by atoms with Crippen LogP contribution in [0.2, 0.25) is 0 Å². The number of ether oxygens (including phenoxy) is 1. The molecule has 6 rings (SSSR count). The van der Waals surface area contributed by atoms with Crippen LogP contribution in [0.4, 0.5) is 0 Å². The summed E-state index contributed by atoms with van der Waals surface area (Å²) in [5.74, 6) is 1.18. The molecule has 0 amide bonds. The van der Waals surface area contributed by atoms with Crippen LogP contribution in [0.15, 0.2) is 24.3 Å². The molecule has 1 aromatic carbocycles. The number of aromatic nitrogens is 1. The van der Waals surface area contributed by atoms with E-state index in [4.69, 9.17) is 16.3 Å². The number of nitrogens with zero attached hydrogens (tertiary/aromatic N) is 1. The van der Waals surface area contributed by atoms with Gasteiger partial charge in [-0.3, -0.25) is 4.79 Å². The molecule has 3 nitrogen and oxygen atoms in total.